The molecule has 0 aromatic carbocycles. The number of aliphatic imine (C=N–C) groups is 1. The Hall–Kier alpha value is -3.01. The maximum atomic E-state index is 13.2. The number of amides is 4. The number of carbonyl (C=O) groups excluding carboxylic acids is 4. The van der Waals surface area contributed by atoms with Crippen LogP contribution in [0.4, 0.5) is 0 Å². The highest BCUT2D eigenvalue weighted by Crippen LogP contribution is 2.14. The molecule has 226 valence electrons. The van der Waals surface area contributed by atoms with Crippen LogP contribution in [0, 0.1) is 5.92 Å². The molecular formula is C24H49N9O6. The fourth-order valence-electron chi connectivity index (χ4n) is 3.71. The first kappa shape index (κ1) is 36.0. The zero-order chi connectivity index (χ0) is 30.2. The summed E-state index contributed by atoms with van der Waals surface area (Å²) < 4.78 is 0. The Morgan fingerprint density at radius 3 is 1.95 bits per heavy atom. The Morgan fingerprint density at radius 2 is 1.44 bits per heavy atom. The molecule has 15 nitrogen and oxygen atoms in total. The van der Waals surface area contributed by atoms with Gasteiger partial charge in [-0.1, -0.05) is 20.3 Å². The number of hydrogen-bond donors (Lipinski definition) is 10. The minimum Gasteiger partial charge on any atom is -0.370 e. The van der Waals surface area contributed by atoms with E-state index in [1.165, 1.54) is 0 Å². The van der Waals surface area contributed by atoms with Crippen LogP contribution in [0.1, 0.15) is 72.1 Å². The lowest BCUT2D eigenvalue weighted by molar-refractivity contribution is -0.173. The number of guanidine groups is 1. The summed E-state index contributed by atoms with van der Waals surface area (Å²) in [7, 11) is 0. The fourth-order valence-corrected chi connectivity index (χ4v) is 3.71. The maximum absolute atomic E-state index is 13.2. The molecule has 0 spiro atoms. The van der Waals surface area contributed by atoms with Crippen molar-refractivity contribution >= 4 is 29.6 Å². The predicted octanol–water partition coefficient (Wildman–Crippen LogP) is -3.04. The minimum atomic E-state index is -2.27. The van der Waals surface area contributed by atoms with Gasteiger partial charge in [-0.25, -0.2) is 0 Å². The van der Waals surface area contributed by atoms with Gasteiger partial charge in [-0.2, -0.15) is 0 Å². The summed E-state index contributed by atoms with van der Waals surface area (Å²) in [6.07, 6.45) is 2.07. The van der Waals surface area contributed by atoms with Crippen molar-refractivity contribution in [3.63, 3.8) is 0 Å². The second kappa shape index (κ2) is 18.3. The van der Waals surface area contributed by atoms with Gasteiger partial charge in [0.1, 0.15) is 12.1 Å². The lowest BCUT2D eigenvalue weighted by atomic mass is 9.99. The summed E-state index contributed by atoms with van der Waals surface area (Å²) in [4.78, 5) is 54.1. The van der Waals surface area contributed by atoms with Crippen LogP contribution in [0.5, 0.6) is 0 Å². The number of nitrogens with one attached hydrogen (secondary N) is 3. The molecule has 4 atom stereocenters. The Labute approximate surface area is 230 Å². The van der Waals surface area contributed by atoms with Crippen molar-refractivity contribution in [2.45, 2.75) is 102 Å². The third kappa shape index (κ3) is 16.5. The van der Waals surface area contributed by atoms with Gasteiger partial charge in [-0.3, -0.25) is 24.2 Å². The Morgan fingerprint density at radius 1 is 0.846 bits per heavy atom. The van der Waals surface area contributed by atoms with Crippen LogP contribution in [0.3, 0.4) is 0 Å². The van der Waals surface area contributed by atoms with Crippen LogP contribution in [0.25, 0.3) is 0 Å². The highest BCUT2D eigenvalue weighted by atomic mass is 16.5. The summed E-state index contributed by atoms with van der Waals surface area (Å²) >= 11 is 0. The first-order valence-electron chi connectivity index (χ1n) is 13.2. The molecule has 0 saturated heterocycles. The summed E-state index contributed by atoms with van der Waals surface area (Å²) in [6.45, 7) is 5.48. The standard InChI is InChI=1S/C24H49N9O6/c1-14(2)13-17(22(37)33-18(24(3,38)39)8-6-12-30-23(28)29)32-21(36)16(9-10-19(27)34)31-20(35)15(26)7-4-5-11-25/h14-18,38-39H,4-13,25-26H2,1-3H3,(H2,27,34)(H,31,35)(H,32,36)(H,33,37)(H4,28,29,30)/t15-,16-,17-,18-/m0/s1. The highest BCUT2D eigenvalue weighted by Gasteiger charge is 2.34. The van der Waals surface area contributed by atoms with Gasteiger partial charge in [0.2, 0.25) is 23.6 Å². The molecule has 0 aromatic heterocycles. The van der Waals surface area contributed by atoms with Crippen LogP contribution in [-0.4, -0.2) is 82.8 Å². The first-order chi connectivity index (χ1) is 18.1. The molecule has 0 aromatic rings. The third-order valence-corrected chi connectivity index (χ3v) is 5.88. The number of unbranched alkanes of at least 4 members (excludes halogenated alkanes) is 1. The molecule has 0 unspecified atom stereocenters. The number of carbonyl (C=O) groups is 4. The van der Waals surface area contributed by atoms with Gasteiger partial charge < -0.3 is 54.8 Å². The van der Waals surface area contributed by atoms with E-state index in [0.29, 0.717) is 32.2 Å². The van der Waals surface area contributed by atoms with Crippen molar-refractivity contribution in [1.82, 2.24) is 16.0 Å². The van der Waals surface area contributed by atoms with Crippen molar-refractivity contribution in [2.24, 2.45) is 39.6 Å². The number of hydrogen-bond acceptors (Lipinski definition) is 9. The van der Waals surface area contributed by atoms with Gasteiger partial charge in [0, 0.05) is 13.0 Å². The summed E-state index contributed by atoms with van der Waals surface area (Å²) in [5.41, 5.74) is 27.2. The van der Waals surface area contributed by atoms with Crippen molar-refractivity contribution in [3.8, 4) is 0 Å². The molecule has 0 aliphatic heterocycles. The number of nitrogens with zero attached hydrogens (tertiary/aromatic N) is 1. The average molecular weight is 560 g/mol. The van der Waals surface area contributed by atoms with E-state index in [1.807, 2.05) is 13.8 Å². The molecule has 0 heterocycles. The molecule has 0 radical (unpaired) electrons. The van der Waals surface area contributed by atoms with E-state index in [1.54, 1.807) is 0 Å². The van der Waals surface area contributed by atoms with Crippen molar-refractivity contribution < 1.29 is 29.4 Å². The lowest BCUT2D eigenvalue weighted by Crippen LogP contribution is -2.59. The summed E-state index contributed by atoms with van der Waals surface area (Å²) in [6, 6.07) is -4.24. The van der Waals surface area contributed by atoms with E-state index >= 15 is 0 Å². The maximum Gasteiger partial charge on any atom is 0.243 e. The summed E-state index contributed by atoms with van der Waals surface area (Å²) in [5, 5.41) is 28.1. The van der Waals surface area contributed by atoms with Gasteiger partial charge >= 0.3 is 0 Å². The van der Waals surface area contributed by atoms with Gasteiger partial charge in [-0.15, -0.1) is 0 Å². The zero-order valence-corrected chi connectivity index (χ0v) is 23.3. The van der Waals surface area contributed by atoms with Crippen molar-refractivity contribution in [1.29, 1.82) is 0 Å². The van der Waals surface area contributed by atoms with Crippen molar-refractivity contribution in [2.75, 3.05) is 13.1 Å². The highest BCUT2D eigenvalue weighted by molar-refractivity contribution is 5.93. The molecule has 15 heteroatoms. The second-order valence-corrected chi connectivity index (χ2v) is 10.3. The van der Waals surface area contributed by atoms with E-state index < -0.39 is 53.6 Å². The lowest BCUT2D eigenvalue weighted by Gasteiger charge is -2.31. The van der Waals surface area contributed by atoms with E-state index in [0.717, 1.165) is 6.92 Å². The predicted molar refractivity (Wildman–Crippen MR) is 147 cm³/mol. The Bertz CT molecular complexity index is 812. The van der Waals surface area contributed by atoms with E-state index in [2.05, 4.69) is 20.9 Å². The largest absolute Gasteiger partial charge is 0.370 e. The zero-order valence-electron chi connectivity index (χ0n) is 23.3. The van der Waals surface area contributed by atoms with Crippen LogP contribution < -0.4 is 44.6 Å². The van der Waals surface area contributed by atoms with Gasteiger partial charge in [0.15, 0.2) is 11.7 Å². The topological polar surface area (TPSA) is 287 Å². The number of nitrogens with two attached hydrogens (primary N) is 5. The normalized spacial score (nSPS) is 14.6. The molecule has 4 amide bonds. The SMILES string of the molecule is CC(C)C[C@H](NC(=O)[C@H](CCC(N)=O)NC(=O)[C@@H](N)CCCCN)C(=O)N[C@@H](CCCN=C(N)N)C(C)(O)O. The van der Waals surface area contributed by atoms with E-state index in [-0.39, 0.29) is 44.1 Å². The monoisotopic (exact) mass is 559 g/mol. The smallest absolute Gasteiger partial charge is 0.243 e. The minimum absolute atomic E-state index is 0.0365. The number of primary amides is 1. The Kier molecular flexibility index (Phi) is 16.9. The van der Waals surface area contributed by atoms with E-state index in [9.17, 15) is 29.4 Å². The van der Waals surface area contributed by atoms with Gasteiger partial charge in [-0.05, 0) is 57.9 Å². The molecule has 0 aliphatic rings. The molecule has 0 rings (SSSR count). The third-order valence-electron chi connectivity index (χ3n) is 5.88. The molecule has 39 heavy (non-hydrogen) atoms. The second-order valence-electron chi connectivity index (χ2n) is 10.3. The molecule has 15 N–H and O–H groups in total. The number of aliphatic hydroxyl groups is 2. The fraction of sp³-hybridized carbons (Fsp3) is 0.792. The van der Waals surface area contributed by atoms with Gasteiger partial charge in [0.25, 0.3) is 0 Å². The molecular weight excluding hydrogens is 510 g/mol. The van der Waals surface area contributed by atoms with Crippen molar-refractivity contribution in [3.05, 3.63) is 0 Å². The summed E-state index contributed by atoms with van der Waals surface area (Å²) in [5.74, 6) is -5.03. The molecule has 0 bridgehead atoms. The van der Waals surface area contributed by atoms with Crippen LogP contribution in [-0.2, 0) is 19.2 Å². The molecule has 0 fully saturated rings. The average Bonchev–Trinajstić information content (AvgIpc) is 2.81. The van der Waals surface area contributed by atoms with E-state index in [4.69, 9.17) is 28.7 Å². The van der Waals surface area contributed by atoms with Crippen LogP contribution >= 0.6 is 0 Å². The number of rotatable bonds is 20. The van der Waals surface area contributed by atoms with Gasteiger partial charge in [0.05, 0.1) is 12.1 Å². The first-order valence-corrected chi connectivity index (χ1v) is 13.2. The van der Waals surface area contributed by atoms with Crippen LogP contribution in [0.15, 0.2) is 4.99 Å². The quantitative estimate of drug-likeness (QED) is 0.0311. The van der Waals surface area contributed by atoms with Crippen LogP contribution in [0.2, 0.25) is 0 Å². The molecule has 0 saturated carbocycles. The molecule has 0 aliphatic carbocycles. The Balaban J connectivity index is 5.60.